The van der Waals surface area contributed by atoms with E-state index in [4.69, 9.17) is 0 Å². The van der Waals surface area contributed by atoms with Gasteiger partial charge in [-0.1, -0.05) is 84.9 Å². The first-order valence-electron chi connectivity index (χ1n) is 15.2. The van der Waals surface area contributed by atoms with Crippen LogP contribution in [0.25, 0.3) is 32.3 Å². The zero-order chi connectivity index (χ0) is 34.1. The average molecular weight is 666 g/mol. The van der Waals surface area contributed by atoms with Gasteiger partial charge in [0.25, 0.3) is 27.8 Å². The number of fused-ring (bicyclic) bond motifs is 3. The van der Waals surface area contributed by atoms with Crippen molar-refractivity contribution in [3.63, 3.8) is 0 Å². The summed E-state index contributed by atoms with van der Waals surface area (Å²) in [6, 6.07) is 39.5. The third-order valence-corrected chi connectivity index (χ3v) is 9.01. The fraction of sp³-hybridized carbons (Fsp3) is 0. The molecule has 0 saturated heterocycles. The zero-order valence-electron chi connectivity index (χ0n) is 25.7. The van der Waals surface area contributed by atoms with E-state index >= 15 is 0 Å². The molecule has 0 aliphatic heterocycles. The number of hydrogen-bond donors (Lipinski definition) is 4. The fourth-order valence-corrected chi connectivity index (χ4v) is 6.27. The molecule has 0 bridgehead atoms. The second-order valence-electron chi connectivity index (χ2n) is 11.4. The highest BCUT2D eigenvalue weighted by Crippen LogP contribution is 2.28. The van der Waals surface area contributed by atoms with Crippen LogP contribution >= 0.6 is 0 Å². The van der Waals surface area contributed by atoms with Crippen molar-refractivity contribution in [1.29, 1.82) is 0 Å². The minimum Gasteiger partial charge on any atom is -0.322 e. The molecule has 0 aromatic heterocycles. The first-order chi connectivity index (χ1) is 23.6. The molecule has 0 aliphatic rings. The molecular formula is C39H27N3O6S. The van der Waals surface area contributed by atoms with Gasteiger partial charge in [-0.05, 0) is 76.1 Å². The molecule has 0 saturated carbocycles. The van der Waals surface area contributed by atoms with Gasteiger partial charge in [-0.15, -0.1) is 0 Å². The summed E-state index contributed by atoms with van der Waals surface area (Å²) >= 11 is 0. The normalized spacial score (nSPS) is 11.4. The Bertz CT molecular complexity index is 2580. The van der Waals surface area contributed by atoms with E-state index in [0.717, 1.165) is 21.5 Å². The van der Waals surface area contributed by atoms with Crippen molar-refractivity contribution in [1.82, 2.24) is 0 Å². The molecule has 0 fully saturated rings. The molecule has 7 aromatic rings. The molecule has 0 atom stereocenters. The Labute approximate surface area is 281 Å². The number of nitrogens with one attached hydrogen (secondary N) is 3. The third-order valence-electron chi connectivity index (χ3n) is 8.16. The van der Waals surface area contributed by atoms with Crippen LogP contribution < -0.4 is 16.0 Å². The van der Waals surface area contributed by atoms with Crippen LogP contribution in [0.15, 0.2) is 144 Å². The predicted octanol–water partition coefficient (Wildman–Crippen LogP) is 8.15. The number of benzene rings is 7. The van der Waals surface area contributed by atoms with Gasteiger partial charge in [-0.2, -0.15) is 8.42 Å². The van der Waals surface area contributed by atoms with Crippen molar-refractivity contribution in [2.75, 3.05) is 16.0 Å². The van der Waals surface area contributed by atoms with Crippen LogP contribution in [0.2, 0.25) is 0 Å². The molecule has 10 heteroatoms. The number of carbonyl (C=O) groups is 3. The molecule has 3 amide bonds. The lowest BCUT2D eigenvalue weighted by atomic mass is 10.0. The summed E-state index contributed by atoms with van der Waals surface area (Å²) < 4.78 is 32.8. The van der Waals surface area contributed by atoms with Gasteiger partial charge in [0.05, 0.1) is 4.90 Å². The Morgan fingerprint density at radius 2 is 1.00 bits per heavy atom. The van der Waals surface area contributed by atoms with Gasteiger partial charge in [-0.3, -0.25) is 18.9 Å². The third kappa shape index (κ3) is 6.59. The Balaban J connectivity index is 1.24. The summed E-state index contributed by atoms with van der Waals surface area (Å²) in [7, 11) is -4.43. The first-order valence-corrected chi connectivity index (χ1v) is 16.6. The van der Waals surface area contributed by atoms with Crippen LogP contribution in [0.3, 0.4) is 0 Å². The molecule has 49 heavy (non-hydrogen) atoms. The number of anilines is 3. The van der Waals surface area contributed by atoms with Crippen molar-refractivity contribution in [3.8, 4) is 0 Å². The lowest BCUT2D eigenvalue weighted by molar-refractivity contribution is 0.101. The average Bonchev–Trinajstić information content (AvgIpc) is 3.11. The summed E-state index contributed by atoms with van der Waals surface area (Å²) in [5, 5.41) is 13.3. The van der Waals surface area contributed by atoms with Gasteiger partial charge in [-0.25, -0.2) is 0 Å². The molecule has 0 aliphatic carbocycles. The van der Waals surface area contributed by atoms with E-state index in [1.807, 2.05) is 66.7 Å². The molecule has 7 aromatic carbocycles. The van der Waals surface area contributed by atoms with Crippen molar-refractivity contribution in [2.24, 2.45) is 0 Å². The molecule has 0 heterocycles. The maximum atomic E-state index is 13.8. The highest BCUT2D eigenvalue weighted by Gasteiger charge is 2.18. The largest absolute Gasteiger partial charge is 0.322 e. The number of hydrogen-bond acceptors (Lipinski definition) is 5. The highest BCUT2D eigenvalue weighted by molar-refractivity contribution is 7.85. The fourth-order valence-electron chi connectivity index (χ4n) is 5.75. The van der Waals surface area contributed by atoms with E-state index in [-0.39, 0.29) is 21.7 Å². The first kappa shape index (κ1) is 31.3. The van der Waals surface area contributed by atoms with Crippen molar-refractivity contribution in [3.05, 3.63) is 156 Å². The predicted molar refractivity (Wildman–Crippen MR) is 192 cm³/mol. The van der Waals surface area contributed by atoms with Gasteiger partial charge in [0.2, 0.25) is 0 Å². The standard InChI is InChI=1S/C39H27N3O6S/c43-37(28-16-15-24-7-1-2-9-26(24)19-28)40-31-21-29(38(44)41-35-13-5-10-25-8-3-4-12-33(25)35)20-30(22-31)39(45)42-36-14-6-11-27-23-32(49(46,47)48)17-18-34(27)36/h1-23H,(H,40,43)(H,41,44)(H,42,45)(H,46,47,48). The number of rotatable bonds is 7. The quantitative estimate of drug-likeness (QED) is 0.127. The van der Waals surface area contributed by atoms with Gasteiger partial charge in [0.1, 0.15) is 0 Å². The van der Waals surface area contributed by atoms with E-state index in [9.17, 15) is 27.4 Å². The second kappa shape index (κ2) is 12.7. The summed E-state index contributed by atoms with van der Waals surface area (Å²) in [6.45, 7) is 0. The molecule has 0 unspecified atom stereocenters. The van der Waals surface area contributed by atoms with E-state index in [0.29, 0.717) is 27.7 Å². The Kier molecular flexibility index (Phi) is 8.09. The van der Waals surface area contributed by atoms with E-state index in [2.05, 4.69) is 16.0 Å². The zero-order valence-corrected chi connectivity index (χ0v) is 26.5. The van der Waals surface area contributed by atoms with Gasteiger partial charge < -0.3 is 16.0 Å². The molecule has 4 N–H and O–H groups in total. The maximum Gasteiger partial charge on any atom is 0.294 e. The van der Waals surface area contributed by atoms with Crippen molar-refractivity contribution >= 4 is 77.2 Å². The van der Waals surface area contributed by atoms with Crippen molar-refractivity contribution in [2.45, 2.75) is 4.90 Å². The Morgan fingerprint density at radius 1 is 0.449 bits per heavy atom. The van der Waals surface area contributed by atoms with E-state index in [1.54, 1.807) is 36.4 Å². The van der Waals surface area contributed by atoms with E-state index < -0.39 is 27.8 Å². The van der Waals surface area contributed by atoms with Crippen LogP contribution in [-0.4, -0.2) is 30.7 Å². The second-order valence-corrected chi connectivity index (χ2v) is 12.8. The topological polar surface area (TPSA) is 142 Å². The number of carbonyl (C=O) groups excluding carboxylic acids is 3. The van der Waals surface area contributed by atoms with Crippen molar-refractivity contribution < 1.29 is 27.4 Å². The molecular weight excluding hydrogens is 639 g/mol. The molecule has 240 valence electrons. The van der Waals surface area contributed by atoms with Gasteiger partial charge in [0, 0.05) is 44.5 Å². The minimum atomic E-state index is -4.43. The summed E-state index contributed by atoms with van der Waals surface area (Å²) in [5.41, 5.74) is 1.80. The maximum absolute atomic E-state index is 13.8. The Hall–Kier alpha value is -6.36. The molecule has 0 spiro atoms. The summed E-state index contributed by atoms with van der Waals surface area (Å²) in [6.07, 6.45) is 0. The van der Waals surface area contributed by atoms with Crippen LogP contribution in [0.1, 0.15) is 31.1 Å². The van der Waals surface area contributed by atoms with Crippen LogP contribution in [0.4, 0.5) is 17.1 Å². The SMILES string of the molecule is O=C(Nc1cc(C(=O)Nc2cccc3ccccc23)cc(C(=O)Nc2cccc3cc(S(=O)(=O)O)ccc23)c1)c1ccc2ccccc2c1. The summed E-state index contributed by atoms with van der Waals surface area (Å²) in [5.74, 6) is -1.49. The van der Waals surface area contributed by atoms with E-state index in [1.165, 1.54) is 36.4 Å². The lowest BCUT2D eigenvalue weighted by Gasteiger charge is -2.14. The minimum absolute atomic E-state index is 0.0888. The van der Waals surface area contributed by atoms with Gasteiger partial charge >= 0.3 is 0 Å². The molecule has 0 radical (unpaired) electrons. The summed E-state index contributed by atoms with van der Waals surface area (Å²) in [4.78, 5) is 40.6. The Morgan fingerprint density at radius 3 is 1.67 bits per heavy atom. The van der Waals surface area contributed by atoms with Crippen LogP contribution in [0.5, 0.6) is 0 Å². The number of amides is 3. The van der Waals surface area contributed by atoms with Crippen LogP contribution in [0, 0.1) is 0 Å². The van der Waals surface area contributed by atoms with Gasteiger partial charge in [0.15, 0.2) is 0 Å². The van der Waals surface area contributed by atoms with Crippen LogP contribution in [-0.2, 0) is 10.1 Å². The molecule has 9 nitrogen and oxygen atoms in total. The smallest absolute Gasteiger partial charge is 0.294 e. The highest BCUT2D eigenvalue weighted by atomic mass is 32.2. The molecule has 7 rings (SSSR count). The monoisotopic (exact) mass is 665 g/mol. The lowest BCUT2D eigenvalue weighted by Crippen LogP contribution is -2.18.